The topological polar surface area (TPSA) is 57.6 Å². The zero-order valence-corrected chi connectivity index (χ0v) is 11.5. The molecular formula is C14H23NO3. The van der Waals surface area contributed by atoms with Crippen molar-refractivity contribution >= 4 is 11.8 Å². The largest absolute Gasteiger partial charge is 0.388 e. The summed E-state index contributed by atoms with van der Waals surface area (Å²) in [6.07, 6.45) is 2.98. The second-order valence-electron chi connectivity index (χ2n) is 6.56. The predicted molar refractivity (Wildman–Crippen MR) is 67.6 cm³/mol. The first kappa shape index (κ1) is 13.5. The van der Waals surface area contributed by atoms with E-state index in [1.807, 2.05) is 13.8 Å². The minimum absolute atomic E-state index is 0.0162. The summed E-state index contributed by atoms with van der Waals surface area (Å²) < 4.78 is 0. The van der Waals surface area contributed by atoms with Crippen LogP contribution in [0, 0.1) is 17.8 Å². The molecule has 1 saturated carbocycles. The standard InChI is InChI=1S/C14H23NO3/c1-9(2)7-14(3,18)8-15-12(16)10-4-5-11(6-10)13(15)17/h9-11,18H,4-8H2,1-3H3. The van der Waals surface area contributed by atoms with Crippen molar-refractivity contribution in [2.75, 3.05) is 6.54 Å². The molecule has 18 heavy (non-hydrogen) atoms. The van der Waals surface area contributed by atoms with Crippen LogP contribution in [0.2, 0.25) is 0 Å². The number of carbonyl (C=O) groups is 2. The normalized spacial score (nSPS) is 31.1. The molecule has 0 aromatic rings. The fraction of sp³-hybridized carbons (Fsp3) is 0.857. The number of imide groups is 1. The van der Waals surface area contributed by atoms with Crippen LogP contribution in [0.3, 0.4) is 0 Å². The number of rotatable bonds is 4. The van der Waals surface area contributed by atoms with Crippen LogP contribution < -0.4 is 0 Å². The van der Waals surface area contributed by atoms with Crippen LogP contribution in [0.1, 0.15) is 46.5 Å². The van der Waals surface area contributed by atoms with Crippen molar-refractivity contribution in [1.82, 2.24) is 4.90 Å². The van der Waals surface area contributed by atoms with E-state index < -0.39 is 5.60 Å². The molecule has 1 N–H and O–H groups in total. The summed E-state index contributed by atoms with van der Waals surface area (Å²) in [5, 5.41) is 10.3. The molecule has 2 rings (SSSR count). The fourth-order valence-corrected chi connectivity index (χ4v) is 3.42. The first-order valence-electron chi connectivity index (χ1n) is 6.88. The van der Waals surface area contributed by atoms with Gasteiger partial charge in [0.05, 0.1) is 12.1 Å². The maximum absolute atomic E-state index is 12.2. The van der Waals surface area contributed by atoms with Gasteiger partial charge >= 0.3 is 0 Å². The van der Waals surface area contributed by atoms with E-state index in [2.05, 4.69) is 0 Å². The first-order chi connectivity index (χ1) is 8.30. The summed E-state index contributed by atoms with van der Waals surface area (Å²) in [6, 6.07) is 0. The zero-order valence-electron chi connectivity index (χ0n) is 11.5. The number of nitrogens with zero attached hydrogens (tertiary/aromatic N) is 1. The second-order valence-corrected chi connectivity index (χ2v) is 6.56. The number of likely N-dealkylation sites (tertiary alicyclic amines) is 1. The summed E-state index contributed by atoms with van der Waals surface area (Å²) >= 11 is 0. The highest BCUT2D eigenvalue weighted by molar-refractivity contribution is 6.00. The van der Waals surface area contributed by atoms with Crippen LogP contribution in [0.4, 0.5) is 0 Å². The van der Waals surface area contributed by atoms with Crippen molar-refractivity contribution in [3.8, 4) is 0 Å². The van der Waals surface area contributed by atoms with E-state index in [1.165, 1.54) is 4.90 Å². The van der Waals surface area contributed by atoms with Gasteiger partial charge in [-0.3, -0.25) is 14.5 Å². The highest BCUT2D eigenvalue weighted by Gasteiger charge is 2.46. The van der Waals surface area contributed by atoms with E-state index in [0.717, 1.165) is 19.3 Å². The first-order valence-corrected chi connectivity index (χ1v) is 6.88. The molecule has 2 fully saturated rings. The van der Waals surface area contributed by atoms with Crippen molar-refractivity contribution in [3.63, 3.8) is 0 Å². The quantitative estimate of drug-likeness (QED) is 0.774. The van der Waals surface area contributed by atoms with Gasteiger partial charge in [-0.25, -0.2) is 0 Å². The Balaban J connectivity index is 2.08. The third-order valence-corrected chi connectivity index (χ3v) is 4.01. The summed E-state index contributed by atoms with van der Waals surface area (Å²) in [5.41, 5.74) is -0.976. The van der Waals surface area contributed by atoms with Crippen LogP contribution in [0.25, 0.3) is 0 Å². The molecule has 2 aliphatic rings. The average Bonchev–Trinajstić information content (AvgIpc) is 2.66. The molecule has 3 unspecified atom stereocenters. The number of hydrogen-bond acceptors (Lipinski definition) is 3. The number of aliphatic hydroxyl groups is 1. The van der Waals surface area contributed by atoms with Gasteiger partial charge in [-0.05, 0) is 38.5 Å². The molecule has 2 amide bonds. The lowest BCUT2D eigenvalue weighted by atomic mass is 9.91. The molecule has 0 aromatic heterocycles. The summed E-state index contributed by atoms with van der Waals surface area (Å²) in [7, 11) is 0. The van der Waals surface area contributed by atoms with Crippen molar-refractivity contribution in [3.05, 3.63) is 0 Å². The van der Waals surface area contributed by atoms with Gasteiger partial charge in [0.15, 0.2) is 0 Å². The molecule has 102 valence electrons. The Bertz CT molecular complexity index is 340. The summed E-state index contributed by atoms with van der Waals surface area (Å²) in [6.45, 7) is 5.91. The maximum Gasteiger partial charge on any atom is 0.232 e. The van der Waals surface area contributed by atoms with E-state index in [-0.39, 0.29) is 30.2 Å². The summed E-state index contributed by atoms with van der Waals surface area (Å²) in [4.78, 5) is 25.6. The molecule has 1 aliphatic heterocycles. The third-order valence-electron chi connectivity index (χ3n) is 4.01. The lowest BCUT2D eigenvalue weighted by Crippen LogP contribution is -2.52. The van der Waals surface area contributed by atoms with Crippen LogP contribution in [0.15, 0.2) is 0 Å². The SMILES string of the molecule is CC(C)CC(C)(O)CN1C(=O)C2CCC(C2)C1=O. The highest BCUT2D eigenvalue weighted by Crippen LogP contribution is 2.38. The van der Waals surface area contributed by atoms with E-state index >= 15 is 0 Å². The number of carbonyl (C=O) groups excluding carboxylic acids is 2. The average molecular weight is 253 g/mol. The molecule has 2 bridgehead atoms. The number of piperidine rings is 1. The van der Waals surface area contributed by atoms with Crippen molar-refractivity contribution in [1.29, 1.82) is 0 Å². The third kappa shape index (κ3) is 2.58. The fourth-order valence-electron chi connectivity index (χ4n) is 3.42. The molecule has 0 spiro atoms. The molecule has 0 aromatic carbocycles. The van der Waals surface area contributed by atoms with Crippen LogP contribution >= 0.6 is 0 Å². The maximum atomic E-state index is 12.2. The molecule has 1 heterocycles. The van der Waals surface area contributed by atoms with Gasteiger partial charge in [0.2, 0.25) is 11.8 Å². The molecule has 3 atom stereocenters. The molecular weight excluding hydrogens is 230 g/mol. The number of amides is 2. The van der Waals surface area contributed by atoms with Gasteiger partial charge in [-0.15, -0.1) is 0 Å². The van der Waals surface area contributed by atoms with Gasteiger partial charge in [0.1, 0.15) is 0 Å². The van der Waals surface area contributed by atoms with Gasteiger partial charge < -0.3 is 5.11 Å². The Morgan fingerprint density at radius 1 is 1.28 bits per heavy atom. The minimum Gasteiger partial charge on any atom is -0.388 e. The lowest BCUT2D eigenvalue weighted by molar-refractivity contribution is -0.157. The van der Waals surface area contributed by atoms with Crippen LogP contribution in [-0.2, 0) is 9.59 Å². The Labute approximate surface area is 108 Å². The van der Waals surface area contributed by atoms with Gasteiger partial charge in [-0.2, -0.15) is 0 Å². The second kappa shape index (κ2) is 4.65. The molecule has 0 radical (unpaired) electrons. The monoisotopic (exact) mass is 253 g/mol. The van der Waals surface area contributed by atoms with Gasteiger partial charge in [0.25, 0.3) is 0 Å². The van der Waals surface area contributed by atoms with E-state index in [0.29, 0.717) is 12.3 Å². The van der Waals surface area contributed by atoms with Gasteiger partial charge in [0, 0.05) is 11.8 Å². The van der Waals surface area contributed by atoms with E-state index in [4.69, 9.17) is 0 Å². The molecule has 1 aliphatic carbocycles. The number of fused-ring (bicyclic) bond motifs is 2. The van der Waals surface area contributed by atoms with Crippen LogP contribution in [0.5, 0.6) is 0 Å². The predicted octanol–water partition coefficient (Wildman–Crippen LogP) is 1.57. The van der Waals surface area contributed by atoms with Crippen molar-refractivity contribution in [2.45, 2.75) is 52.1 Å². The minimum atomic E-state index is -0.976. The molecule has 4 heteroatoms. The van der Waals surface area contributed by atoms with E-state index in [9.17, 15) is 14.7 Å². The zero-order chi connectivity index (χ0) is 13.5. The number of β-amino-alcohol motifs (C(OH)–C–C–N with tert-alkyl or cyclic N) is 1. The molecule has 1 saturated heterocycles. The van der Waals surface area contributed by atoms with Gasteiger partial charge in [-0.1, -0.05) is 13.8 Å². The Hall–Kier alpha value is -0.900. The smallest absolute Gasteiger partial charge is 0.232 e. The van der Waals surface area contributed by atoms with Crippen LogP contribution in [-0.4, -0.2) is 34.0 Å². The summed E-state index contributed by atoms with van der Waals surface area (Å²) in [5.74, 6) is 0.229. The Morgan fingerprint density at radius 3 is 2.22 bits per heavy atom. The number of hydrogen-bond donors (Lipinski definition) is 1. The Kier molecular flexibility index (Phi) is 3.49. The molecule has 4 nitrogen and oxygen atoms in total. The van der Waals surface area contributed by atoms with Crippen molar-refractivity contribution < 1.29 is 14.7 Å². The van der Waals surface area contributed by atoms with E-state index in [1.54, 1.807) is 6.92 Å². The van der Waals surface area contributed by atoms with Crippen molar-refractivity contribution in [2.24, 2.45) is 17.8 Å². The lowest BCUT2D eigenvalue weighted by Gasteiger charge is -2.35. The Morgan fingerprint density at radius 2 is 1.78 bits per heavy atom. The highest BCUT2D eigenvalue weighted by atomic mass is 16.3.